The third-order valence-corrected chi connectivity index (χ3v) is 4.04. The number of rotatable bonds is 3. The number of hydrazine groups is 1. The van der Waals surface area contributed by atoms with Crippen LogP contribution in [0.2, 0.25) is 0 Å². The minimum atomic E-state index is -0.105. The Morgan fingerprint density at radius 2 is 2.10 bits per heavy atom. The topological polar surface area (TPSA) is 70.3 Å². The van der Waals surface area contributed by atoms with Crippen LogP contribution >= 0.6 is 0 Å². The predicted octanol–water partition coefficient (Wildman–Crippen LogP) is 1.59. The zero-order valence-corrected chi connectivity index (χ0v) is 13.8. The minimum absolute atomic E-state index is 0.105. The van der Waals surface area contributed by atoms with Crippen LogP contribution in [-0.4, -0.2) is 48.1 Å². The molecule has 1 fully saturated rings. The summed E-state index contributed by atoms with van der Waals surface area (Å²) in [6.07, 6.45) is 2.42. The van der Waals surface area contributed by atoms with Crippen LogP contribution in [0.5, 0.6) is 0 Å². The Hall–Kier alpha value is -1.40. The minimum Gasteiger partial charge on any atom is -0.355 e. The molecule has 0 bridgehead atoms. The summed E-state index contributed by atoms with van der Waals surface area (Å²) in [4.78, 5) is 13.9. The molecule has 0 saturated carbocycles. The van der Waals surface area contributed by atoms with E-state index in [-0.39, 0.29) is 5.41 Å². The summed E-state index contributed by atoms with van der Waals surface area (Å²) in [5.74, 6) is 7.97. The van der Waals surface area contributed by atoms with Crippen LogP contribution in [-0.2, 0) is 5.41 Å². The molecule has 3 N–H and O–H groups in total. The highest BCUT2D eigenvalue weighted by molar-refractivity contribution is 5.49. The van der Waals surface area contributed by atoms with Crippen molar-refractivity contribution in [1.82, 2.24) is 14.9 Å². The van der Waals surface area contributed by atoms with Gasteiger partial charge in [0.1, 0.15) is 17.5 Å². The highest BCUT2D eigenvalue weighted by Crippen LogP contribution is 2.25. The number of nitrogens with zero attached hydrogens (tertiary/aromatic N) is 4. The number of nitrogen functional groups attached to an aromatic ring is 1. The van der Waals surface area contributed by atoms with E-state index in [0.29, 0.717) is 11.9 Å². The molecule has 118 valence electrons. The van der Waals surface area contributed by atoms with Crippen molar-refractivity contribution in [2.24, 2.45) is 5.84 Å². The maximum Gasteiger partial charge on any atom is 0.145 e. The number of likely N-dealkylation sites (N-methyl/N-ethyl adjacent to an activating group) is 2. The number of anilines is 2. The van der Waals surface area contributed by atoms with Crippen molar-refractivity contribution in [3.63, 3.8) is 0 Å². The highest BCUT2D eigenvalue weighted by atomic mass is 15.3. The van der Waals surface area contributed by atoms with Crippen LogP contribution in [0.3, 0.4) is 0 Å². The molecule has 6 heteroatoms. The summed E-state index contributed by atoms with van der Waals surface area (Å²) in [7, 11) is 4.28. The third-order valence-electron chi connectivity index (χ3n) is 4.04. The molecule has 1 aliphatic heterocycles. The number of likely N-dealkylation sites (tertiary alicyclic amines) is 1. The molecule has 0 aromatic carbocycles. The Bertz CT molecular complexity index is 482. The fourth-order valence-corrected chi connectivity index (χ4v) is 2.67. The normalized spacial score (nSPS) is 20.4. The monoisotopic (exact) mass is 292 g/mol. The van der Waals surface area contributed by atoms with Gasteiger partial charge in [0.05, 0.1) is 0 Å². The van der Waals surface area contributed by atoms with Gasteiger partial charge in [0.2, 0.25) is 0 Å². The molecule has 1 aromatic heterocycles. The Labute approximate surface area is 127 Å². The summed E-state index contributed by atoms with van der Waals surface area (Å²) >= 11 is 0. The maximum atomic E-state index is 5.56. The van der Waals surface area contributed by atoms with Crippen molar-refractivity contribution in [2.45, 2.75) is 45.1 Å². The molecule has 1 aromatic rings. The number of aromatic nitrogens is 2. The molecule has 0 radical (unpaired) electrons. The largest absolute Gasteiger partial charge is 0.355 e. The molecule has 0 amide bonds. The Morgan fingerprint density at radius 1 is 1.38 bits per heavy atom. The average Bonchev–Trinajstić information content (AvgIpc) is 2.45. The molecule has 2 rings (SSSR count). The van der Waals surface area contributed by atoms with E-state index in [1.807, 2.05) is 6.07 Å². The lowest BCUT2D eigenvalue weighted by Gasteiger charge is -2.36. The van der Waals surface area contributed by atoms with Crippen LogP contribution in [0.4, 0.5) is 11.6 Å². The van der Waals surface area contributed by atoms with Crippen molar-refractivity contribution in [3.05, 3.63) is 11.9 Å². The van der Waals surface area contributed by atoms with Gasteiger partial charge in [-0.05, 0) is 26.4 Å². The molecule has 1 aliphatic rings. The maximum absolute atomic E-state index is 5.56. The van der Waals surface area contributed by atoms with Gasteiger partial charge in [-0.25, -0.2) is 15.8 Å². The molecule has 21 heavy (non-hydrogen) atoms. The second kappa shape index (κ2) is 6.15. The molecule has 2 heterocycles. The SMILES string of the molecule is CN1CCCC(N(C)c2cc(NN)nc(C(C)(C)C)n2)C1. The summed E-state index contributed by atoms with van der Waals surface area (Å²) in [5.41, 5.74) is 2.55. The molecule has 0 spiro atoms. The third kappa shape index (κ3) is 3.83. The van der Waals surface area contributed by atoms with Crippen molar-refractivity contribution >= 4 is 11.6 Å². The average molecular weight is 292 g/mol. The zero-order valence-electron chi connectivity index (χ0n) is 13.8. The Kier molecular flexibility index (Phi) is 4.68. The van der Waals surface area contributed by atoms with Crippen LogP contribution in [0.1, 0.15) is 39.4 Å². The first kappa shape index (κ1) is 16.0. The number of hydrogen-bond donors (Lipinski definition) is 2. The van der Waals surface area contributed by atoms with Gasteiger partial charge in [-0.15, -0.1) is 0 Å². The van der Waals surface area contributed by atoms with Crippen LogP contribution in [0, 0.1) is 0 Å². The molecular weight excluding hydrogens is 264 g/mol. The van der Waals surface area contributed by atoms with Crippen LogP contribution < -0.4 is 16.2 Å². The van der Waals surface area contributed by atoms with Gasteiger partial charge in [-0.2, -0.15) is 0 Å². The first-order valence-corrected chi connectivity index (χ1v) is 7.59. The first-order chi connectivity index (χ1) is 9.81. The molecule has 6 nitrogen and oxygen atoms in total. The summed E-state index contributed by atoms with van der Waals surface area (Å²) < 4.78 is 0. The van der Waals surface area contributed by atoms with Crippen molar-refractivity contribution in [3.8, 4) is 0 Å². The molecular formula is C15H28N6. The lowest BCUT2D eigenvalue weighted by atomic mass is 9.95. The quantitative estimate of drug-likeness (QED) is 0.651. The predicted molar refractivity (Wildman–Crippen MR) is 87.5 cm³/mol. The lowest BCUT2D eigenvalue weighted by molar-refractivity contribution is 0.247. The standard InChI is InChI=1S/C15H28N6/c1-15(2,3)14-17-12(19-16)9-13(18-14)21(5)11-7-6-8-20(4)10-11/h9,11H,6-8,10,16H2,1-5H3,(H,17,18,19). The lowest BCUT2D eigenvalue weighted by Crippen LogP contribution is -2.45. The molecule has 1 saturated heterocycles. The van der Waals surface area contributed by atoms with E-state index in [2.05, 4.69) is 55.1 Å². The van der Waals surface area contributed by atoms with Crippen molar-refractivity contribution < 1.29 is 0 Å². The summed E-state index contributed by atoms with van der Waals surface area (Å²) in [6, 6.07) is 2.40. The van der Waals surface area contributed by atoms with Gasteiger partial charge >= 0.3 is 0 Å². The van der Waals surface area contributed by atoms with Gasteiger partial charge in [-0.3, -0.25) is 0 Å². The number of piperidine rings is 1. The van der Waals surface area contributed by atoms with Gasteiger partial charge in [0, 0.05) is 31.1 Å². The van der Waals surface area contributed by atoms with E-state index in [0.717, 1.165) is 18.2 Å². The van der Waals surface area contributed by atoms with Gasteiger partial charge in [0.25, 0.3) is 0 Å². The van der Waals surface area contributed by atoms with E-state index in [1.165, 1.54) is 19.4 Å². The van der Waals surface area contributed by atoms with Crippen LogP contribution in [0.25, 0.3) is 0 Å². The number of nitrogens with one attached hydrogen (secondary N) is 1. The van der Waals surface area contributed by atoms with Gasteiger partial charge < -0.3 is 15.2 Å². The Balaban J connectivity index is 2.29. The van der Waals surface area contributed by atoms with E-state index in [9.17, 15) is 0 Å². The van der Waals surface area contributed by atoms with E-state index < -0.39 is 0 Å². The van der Waals surface area contributed by atoms with Crippen molar-refractivity contribution in [1.29, 1.82) is 0 Å². The van der Waals surface area contributed by atoms with E-state index >= 15 is 0 Å². The second-order valence-corrected chi connectivity index (χ2v) is 7.00. The van der Waals surface area contributed by atoms with Gasteiger partial charge in [-0.1, -0.05) is 20.8 Å². The number of nitrogens with two attached hydrogens (primary N) is 1. The fraction of sp³-hybridized carbons (Fsp3) is 0.733. The molecule has 1 unspecified atom stereocenters. The fourth-order valence-electron chi connectivity index (χ4n) is 2.67. The second-order valence-electron chi connectivity index (χ2n) is 7.00. The summed E-state index contributed by atoms with van der Waals surface area (Å²) in [5, 5.41) is 0. The first-order valence-electron chi connectivity index (χ1n) is 7.59. The molecule has 1 atom stereocenters. The van der Waals surface area contributed by atoms with Gasteiger partial charge in [0.15, 0.2) is 0 Å². The van der Waals surface area contributed by atoms with Crippen molar-refractivity contribution in [2.75, 3.05) is 37.5 Å². The summed E-state index contributed by atoms with van der Waals surface area (Å²) in [6.45, 7) is 8.58. The number of hydrogen-bond acceptors (Lipinski definition) is 6. The van der Waals surface area contributed by atoms with Crippen LogP contribution in [0.15, 0.2) is 6.07 Å². The van der Waals surface area contributed by atoms with E-state index in [1.54, 1.807) is 0 Å². The smallest absolute Gasteiger partial charge is 0.145 e. The van der Waals surface area contributed by atoms with E-state index in [4.69, 9.17) is 10.8 Å². The highest BCUT2D eigenvalue weighted by Gasteiger charge is 2.25. The Morgan fingerprint density at radius 3 is 2.67 bits per heavy atom. The zero-order chi connectivity index (χ0) is 15.6. The molecule has 0 aliphatic carbocycles.